The van der Waals surface area contributed by atoms with Crippen molar-refractivity contribution in [2.45, 2.75) is 71.1 Å². The van der Waals surface area contributed by atoms with Crippen LogP contribution < -0.4 is 10.1 Å². The monoisotopic (exact) mass is 542 g/mol. The van der Waals surface area contributed by atoms with Crippen molar-refractivity contribution < 1.29 is 19.1 Å². The number of anilines is 1. The van der Waals surface area contributed by atoms with Gasteiger partial charge in [-0.2, -0.15) is 4.98 Å². The van der Waals surface area contributed by atoms with Crippen molar-refractivity contribution in [3.8, 4) is 6.01 Å². The third kappa shape index (κ3) is 7.37. The van der Waals surface area contributed by atoms with Crippen molar-refractivity contribution in [1.29, 1.82) is 0 Å². The molecule has 12 nitrogen and oxygen atoms in total. The molecule has 0 saturated carbocycles. The Morgan fingerprint density at radius 3 is 2.51 bits per heavy atom. The van der Waals surface area contributed by atoms with E-state index < -0.39 is 0 Å². The zero-order valence-corrected chi connectivity index (χ0v) is 24.0. The van der Waals surface area contributed by atoms with E-state index in [0.29, 0.717) is 56.6 Å². The topological polar surface area (TPSA) is 117 Å². The molecule has 0 radical (unpaired) electrons. The second-order valence-corrected chi connectivity index (χ2v) is 11.1. The molecule has 4 rings (SSSR count). The number of aromatic nitrogens is 4. The lowest BCUT2D eigenvalue weighted by Crippen LogP contribution is -2.44. The van der Waals surface area contributed by atoms with Gasteiger partial charge in [-0.25, -0.2) is 14.3 Å². The molecule has 2 saturated heterocycles. The van der Waals surface area contributed by atoms with Crippen LogP contribution >= 0.6 is 0 Å². The minimum absolute atomic E-state index is 0.0407. The summed E-state index contributed by atoms with van der Waals surface area (Å²) >= 11 is 0. The molecular formula is C27H42N8O4. The van der Waals surface area contributed by atoms with Crippen molar-refractivity contribution in [2.75, 3.05) is 52.1 Å². The number of rotatable bonds is 9. The molecule has 12 heteroatoms. The number of imidazole rings is 1. The maximum atomic E-state index is 12.8. The van der Waals surface area contributed by atoms with Crippen LogP contribution in [0.2, 0.25) is 0 Å². The highest BCUT2D eigenvalue weighted by atomic mass is 16.6. The van der Waals surface area contributed by atoms with Gasteiger partial charge in [0.05, 0.1) is 24.5 Å². The van der Waals surface area contributed by atoms with Gasteiger partial charge in [-0.3, -0.25) is 4.79 Å². The fraction of sp³-hybridized carbons (Fsp3) is 0.667. The summed E-state index contributed by atoms with van der Waals surface area (Å²) in [4.78, 5) is 39.9. The molecule has 2 aliphatic heterocycles. The lowest BCUT2D eigenvalue weighted by Gasteiger charge is -2.32. The Kier molecular flexibility index (Phi) is 9.26. The van der Waals surface area contributed by atoms with Crippen molar-refractivity contribution in [2.24, 2.45) is 0 Å². The molecule has 0 bridgehead atoms. The molecule has 0 spiro atoms. The van der Waals surface area contributed by atoms with E-state index in [1.807, 2.05) is 45.1 Å². The van der Waals surface area contributed by atoms with Crippen molar-refractivity contribution in [3.05, 3.63) is 24.0 Å². The highest BCUT2D eigenvalue weighted by Crippen LogP contribution is 2.25. The van der Waals surface area contributed by atoms with Crippen LogP contribution in [0.3, 0.4) is 0 Å². The molecule has 214 valence electrons. The summed E-state index contributed by atoms with van der Waals surface area (Å²) in [6, 6.07) is 0.422. The van der Waals surface area contributed by atoms with Crippen LogP contribution in [-0.2, 0) is 9.53 Å². The fourth-order valence-electron chi connectivity index (χ4n) is 4.74. The molecule has 1 atom stereocenters. The first-order valence-electron chi connectivity index (χ1n) is 13.8. The average Bonchev–Trinajstić information content (AvgIpc) is 3.51. The standard InChI is InChI=1S/C27H42N8O4/c1-18(2)22-16-28-25-24(30-26(31-35(22)25)38-19(3)4)29-20-9-13-33(14-10-20)27(37)39-21-11-15-34(17-21)23(36)8-7-12-32(5)6/h7-8,16,18-21H,9-15,17H2,1-6H3,(H,29,30,31)/b8-7+. The van der Waals surface area contributed by atoms with Crippen LogP contribution in [0.25, 0.3) is 5.65 Å². The summed E-state index contributed by atoms with van der Waals surface area (Å²) in [5.74, 6) is 0.832. The largest absolute Gasteiger partial charge is 0.460 e. The van der Waals surface area contributed by atoms with E-state index in [4.69, 9.17) is 9.47 Å². The quantitative estimate of drug-likeness (QED) is 0.477. The third-order valence-electron chi connectivity index (χ3n) is 6.85. The minimum Gasteiger partial charge on any atom is -0.460 e. The van der Waals surface area contributed by atoms with E-state index in [2.05, 4.69) is 34.2 Å². The fourth-order valence-corrected chi connectivity index (χ4v) is 4.74. The number of carbonyl (C=O) groups excluding carboxylic acids is 2. The summed E-state index contributed by atoms with van der Waals surface area (Å²) in [6.07, 6.45) is 6.77. The number of piperidine rings is 1. The van der Waals surface area contributed by atoms with Crippen LogP contribution in [0, 0.1) is 0 Å². The van der Waals surface area contributed by atoms with Crippen LogP contribution in [0.5, 0.6) is 6.01 Å². The summed E-state index contributed by atoms with van der Waals surface area (Å²) in [6.45, 7) is 11.0. The van der Waals surface area contributed by atoms with E-state index >= 15 is 0 Å². The number of amides is 2. The lowest BCUT2D eigenvalue weighted by molar-refractivity contribution is -0.125. The highest BCUT2D eigenvalue weighted by molar-refractivity contribution is 5.87. The molecule has 0 aromatic carbocycles. The first-order valence-corrected chi connectivity index (χ1v) is 13.8. The summed E-state index contributed by atoms with van der Waals surface area (Å²) in [5.41, 5.74) is 1.65. The molecule has 2 aromatic heterocycles. The van der Waals surface area contributed by atoms with Gasteiger partial charge in [0.15, 0.2) is 11.5 Å². The lowest BCUT2D eigenvalue weighted by atomic mass is 10.1. The number of hydrogen-bond donors (Lipinski definition) is 1. The maximum absolute atomic E-state index is 12.8. The zero-order chi connectivity index (χ0) is 28.1. The van der Waals surface area contributed by atoms with Crippen molar-refractivity contribution >= 4 is 23.5 Å². The van der Waals surface area contributed by atoms with Gasteiger partial charge < -0.3 is 29.5 Å². The molecular weight excluding hydrogens is 500 g/mol. The molecule has 1 N–H and O–H groups in total. The first-order chi connectivity index (χ1) is 18.6. The van der Waals surface area contributed by atoms with Gasteiger partial charge in [-0.15, -0.1) is 5.10 Å². The van der Waals surface area contributed by atoms with E-state index in [0.717, 1.165) is 18.5 Å². The average molecular weight is 543 g/mol. The number of ether oxygens (including phenoxy) is 2. The van der Waals surface area contributed by atoms with E-state index in [-0.39, 0.29) is 36.2 Å². The van der Waals surface area contributed by atoms with Gasteiger partial charge in [0, 0.05) is 44.7 Å². The molecule has 1 unspecified atom stereocenters. The smallest absolute Gasteiger partial charge is 0.410 e. The molecule has 2 fully saturated rings. The predicted molar refractivity (Wildman–Crippen MR) is 148 cm³/mol. The number of likely N-dealkylation sites (N-methyl/N-ethyl adjacent to an activating group) is 1. The second-order valence-electron chi connectivity index (χ2n) is 11.1. The Labute approximate surface area is 230 Å². The molecule has 39 heavy (non-hydrogen) atoms. The Morgan fingerprint density at radius 1 is 1.13 bits per heavy atom. The Balaban J connectivity index is 1.30. The SMILES string of the molecule is CC(C)Oc1nc(NC2CCN(C(=O)OC3CCN(C(=O)/C=C/CN(C)C)C3)CC2)c2ncc(C(C)C)n2n1. The van der Waals surface area contributed by atoms with E-state index in [9.17, 15) is 9.59 Å². The van der Waals surface area contributed by atoms with Crippen LogP contribution in [-0.4, -0.2) is 111 Å². The highest BCUT2D eigenvalue weighted by Gasteiger charge is 2.31. The zero-order valence-electron chi connectivity index (χ0n) is 24.0. The summed E-state index contributed by atoms with van der Waals surface area (Å²) in [7, 11) is 3.91. The molecule has 4 heterocycles. The number of nitrogens with zero attached hydrogens (tertiary/aromatic N) is 7. The van der Waals surface area contributed by atoms with Crippen LogP contribution in [0.4, 0.5) is 10.6 Å². The van der Waals surface area contributed by atoms with Crippen molar-refractivity contribution in [3.63, 3.8) is 0 Å². The predicted octanol–water partition coefficient (Wildman–Crippen LogP) is 2.77. The molecule has 2 amide bonds. The van der Waals surface area contributed by atoms with Gasteiger partial charge in [-0.05, 0) is 46.7 Å². The number of likely N-dealkylation sites (tertiary alicyclic amines) is 2. The Morgan fingerprint density at radius 2 is 1.85 bits per heavy atom. The summed E-state index contributed by atoms with van der Waals surface area (Å²) in [5, 5.41) is 8.07. The van der Waals surface area contributed by atoms with Gasteiger partial charge in [0.25, 0.3) is 0 Å². The molecule has 0 aliphatic carbocycles. The maximum Gasteiger partial charge on any atom is 0.410 e. The van der Waals surface area contributed by atoms with E-state index in [1.54, 1.807) is 20.4 Å². The minimum atomic E-state index is -0.317. The number of nitrogens with one attached hydrogen (secondary N) is 1. The number of carbonyl (C=O) groups is 2. The molecule has 2 aliphatic rings. The normalized spacial score (nSPS) is 18.7. The third-order valence-corrected chi connectivity index (χ3v) is 6.85. The van der Waals surface area contributed by atoms with Gasteiger partial charge in [0.1, 0.15) is 6.10 Å². The number of fused-ring (bicyclic) bond motifs is 1. The first kappa shape index (κ1) is 28.6. The Bertz CT molecular complexity index is 1170. The van der Waals surface area contributed by atoms with Crippen LogP contribution in [0.15, 0.2) is 18.3 Å². The number of hydrogen-bond acceptors (Lipinski definition) is 9. The van der Waals surface area contributed by atoms with Gasteiger partial charge in [0.2, 0.25) is 5.91 Å². The summed E-state index contributed by atoms with van der Waals surface area (Å²) < 4.78 is 13.4. The van der Waals surface area contributed by atoms with Gasteiger partial charge >= 0.3 is 12.1 Å². The Hall–Kier alpha value is -3.41. The second kappa shape index (κ2) is 12.6. The molecule has 2 aromatic rings. The van der Waals surface area contributed by atoms with Crippen LogP contribution in [0.1, 0.15) is 58.6 Å². The van der Waals surface area contributed by atoms with Crippen molar-refractivity contribution in [1.82, 2.24) is 34.3 Å². The van der Waals surface area contributed by atoms with Gasteiger partial charge in [-0.1, -0.05) is 19.9 Å². The van der Waals surface area contributed by atoms with E-state index in [1.165, 1.54) is 0 Å².